The van der Waals surface area contributed by atoms with Gasteiger partial charge in [0.25, 0.3) is 0 Å². The lowest BCUT2D eigenvalue weighted by Gasteiger charge is -2.43. The van der Waals surface area contributed by atoms with Gasteiger partial charge in [-0.1, -0.05) is 24.3 Å². The van der Waals surface area contributed by atoms with Crippen molar-refractivity contribution in [3.8, 4) is 0 Å². The van der Waals surface area contributed by atoms with E-state index in [1.165, 1.54) is 6.33 Å². The Hall–Kier alpha value is -2.40. The molecule has 2 fully saturated rings. The van der Waals surface area contributed by atoms with Crippen molar-refractivity contribution >= 4 is 5.91 Å². The van der Waals surface area contributed by atoms with Crippen LogP contribution in [0.15, 0.2) is 30.6 Å². The minimum absolute atomic E-state index is 0.0675. The van der Waals surface area contributed by atoms with Crippen molar-refractivity contribution in [3.05, 3.63) is 41.7 Å². The van der Waals surface area contributed by atoms with Crippen molar-refractivity contribution in [3.63, 3.8) is 0 Å². The van der Waals surface area contributed by atoms with Crippen molar-refractivity contribution in [2.75, 3.05) is 19.6 Å². The van der Waals surface area contributed by atoms with Gasteiger partial charge in [-0.2, -0.15) is 0 Å². The Kier molecular flexibility index (Phi) is 4.16. The number of nitrogens with one attached hydrogen (secondary N) is 2. The first kappa shape index (κ1) is 17.7. The SMILES string of the molecule is N[C@H]1c2ccccc2C2(CCN(C(=O)C3CNNC3n3cnnn3)CC2)[C@@H]1O. The minimum atomic E-state index is -0.620. The quantitative estimate of drug-likeness (QED) is 0.509. The summed E-state index contributed by atoms with van der Waals surface area (Å²) in [5.41, 5.74) is 14.2. The van der Waals surface area contributed by atoms with Crippen molar-refractivity contribution < 1.29 is 9.90 Å². The van der Waals surface area contributed by atoms with Crippen LogP contribution in [0.5, 0.6) is 0 Å². The van der Waals surface area contributed by atoms with E-state index < -0.39 is 6.10 Å². The zero-order chi connectivity index (χ0) is 19.3. The number of hydrogen-bond donors (Lipinski definition) is 4. The molecule has 1 aliphatic carbocycles. The van der Waals surface area contributed by atoms with Gasteiger partial charge >= 0.3 is 0 Å². The molecule has 1 aromatic carbocycles. The summed E-state index contributed by atoms with van der Waals surface area (Å²) in [6.07, 6.45) is 1.97. The lowest BCUT2D eigenvalue weighted by atomic mass is 9.72. The molecule has 0 bridgehead atoms. The third-order valence-corrected chi connectivity index (χ3v) is 6.65. The van der Waals surface area contributed by atoms with Crippen LogP contribution in [0.25, 0.3) is 0 Å². The van der Waals surface area contributed by atoms with Crippen LogP contribution in [-0.4, -0.2) is 61.9 Å². The molecule has 2 unspecified atom stereocenters. The van der Waals surface area contributed by atoms with E-state index in [1.807, 2.05) is 23.1 Å². The highest BCUT2D eigenvalue weighted by Crippen LogP contribution is 2.50. The first-order valence-corrected chi connectivity index (χ1v) is 9.64. The highest BCUT2D eigenvalue weighted by Gasteiger charge is 2.52. The molecular formula is C18H24N8O2. The average molecular weight is 384 g/mol. The zero-order valence-corrected chi connectivity index (χ0v) is 15.4. The third-order valence-electron chi connectivity index (χ3n) is 6.65. The number of carbonyl (C=O) groups is 1. The van der Waals surface area contributed by atoms with Gasteiger partial charge in [-0.15, -0.1) is 5.10 Å². The predicted molar refractivity (Wildman–Crippen MR) is 98.4 cm³/mol. The lowest BCUT2D eigenvalue weighted by Crippen LogP contribution is -2.52. The molecule has 28 heavy (non-hydrogen) atoms. The number of aliphatic hydroxyl groups excluding tert-OH is 1. The smallest absolute Gasteiger partial charge is 0.230 e. The number of aromatic nitrogens is 4. The maximum atomic E-state index is 13.2. The fraction of sp³-hybridized carbons (Fsp3) is 0.556. The van der Waals surface area contributed by atoms with Crippen molar-refractivity contribution in [1.29, 1.82) is 0 Å². The number of fused-ring (bicyclic) bond motifs is 2. The Morgan fingerprint density at radius 3 is 2.82 bits per heavy atom. The van der Waals surface area contributed by atoms with Crippen LogP contribution < -0.4 is 16.6 Å². The van der Waals surface area contributed by atoms with Crippen LogP contribution in [0.3, 0.4) is 0 Å². The molecule has 2 saturated heterocycles. The first-order chi connectivity index (χ1) is 13.6. The van der Waals surface area contributed by atoms with E-state index >= 15 is 0 Å². The van der Waals surface area contributed by atoms with Crippen molar-refractivity contribution in [2.24, 2.45) is 11.7 Å². The molecule has 0 saturated carbocycles. The molecule has 10 nitrogen and oxygen atoms in total. The largest absolute Gasteiger partial charge is 0.390 e. The Morgan fingerprint density at radius 1 is 1.29 bits per heavy atom. The molecule has 2 aliphatic heterocycles. The number of tetrazole rings is 1. The van der Waals surface area contributed by atoms with Gasteiger partial charge in [0.1, 0.15) is 12.5 Å². The van der Waals surface area contributed by atoms with Gasteiger partial charge in [0, 0.05) is 25.0 Å². The number of piperidine rings is 1. The van der Waals surface area contributed by atoms with Gasteiger partial charge in [0.15, 0.2) is 0 Å². The van der Waals surface area contributed by atoms with E-state index in [0.29, 0.717) is 32.5 Å². The van der Waals surface area contributed by atoms with Gasteiger partial charge in [-0.05, 0) is 34.4 Å². The number of carbonyl (C=O) groups excluding carboxylic acids is 1. The third kappa shape index (κ3) is 2.49. The van der Waals surface area contributed by atoms with E-state index in [4.69, 9.17) is 5.73 Å². The summed E-state index contributed by atoms with van der Waals surface area (Å²) in [6.45, 7) is 1.70. The van der Waals surface area contributed by atoms with Crippen LogP contribution >= 0.6 is 0 Å². The van der Waals surface area contributed by atoms with Crippen LogP contribution in [0.4, 0.5) is 0 Å². The van der Waals surface area contributed by atoms with E-state index in [-0.39, 0.29) is 29.4 Å². The van der Waals surface area contributed by atoms with E-state index in [1.54, 1.807) is 4.68 Å². The predicted octanol–water partition coefficient (Wildman–Crippen LogP) is -1.17. The van der Waals surface area contributed by atoms with E-state index in [9.17, 15) is 9.90 Å². The summed E-state index contributed by atoms with van der Waals surface area (Å²) < 4.78 is 1.56. The molecule has 10 heteroatoms. The molecule has 2 aromatic rings. The normalized spacial score (nSPS) is 31.3. The molecule has 5 N–H and O–H groups in total. The number of hydrazine groups is 1. The molecule has 148 valence electrons. The molecule has 5 rings (SSSR count). The number of aliphatic hydroxyl groups is 1. The van der Waals surface area contributed by atoms with Gasteiger partial charge < -0.3 is 15.7 Å². The average Bonchev–Trinajstić information content (AvgIpc) is 3.46. The molecule has 3 aliphatic rings. The Labute approximate surface area is 162 Å². The number of nitrogens with two attached hydrogens (primary N) is 1. The summed E-state index contributed by atoms with van der Waals surface area (Å²) >= 11 is 0. The van der Waals surface area contributed by atoms with E-state index in [2.05, 4.69) is 32.4 Å². The number of nitrogens with zero attached hydrogens (tertiary/aromatic N) is 5. The second kappa shape index (κ2) is 6.59. The molecule has 0 radical (unpaired) electrons. The topological polar surface area (TPSA) is 134 Å². The molecule has 1 amide bonds. The van der Waals surface area contributed by atoms with Crippen LogP contribution in [-0.2, 0) is 10.2 Å². The van der Waals surface area contributed by atoms with Crippen LogP contribution in [0.2, 0.25) is 0 Å². The van der Waals surface area contributed by atoms with Crippen LogP contribution in [0.1, 0.15) is 36.2 Å². The molecule has 1 spiro atoms. The standard InChI is InChI=1S/C18H24N8O2/c19-14-11-3-1-2-4-13(11)18(15(14)27)5-7-25(8-6-18)17(28)12-9-20-22-16(12)26-10-21-23-24-26/h1-4,10,12,14-16,20,22,27H,5-9,19H2/t12?,14-,15+,16?/m0/s1. The highest BCUT2D eigenvalue weighted by atomic mass is 16.3. The number of likely N-dealkylation sites (tertiary alicyclic amines) is 1. The van der Waals surface area contributed by atoms with Crippen molar-refractivity contribution in [1.82, 2.24) is 36.0 Å². The fourth-order valence-corrected chi connectivity index (χ4v) is 5.09. The zero-order valence-electron chi connectivity index (χ0n) is 15.4. The Bertz CT molecular complexity index is 864. The number of rotatable bonds is 2. The van der Waals surface area contributed by atoms with Crippen LogP contribution in [0, 0.1) is 5.92 Å². The highest BCUT2D eigenvalue weighted by molar-refractivity contribution is 5.80. The second-order valence-electron chi connectivity index (χ2n) is 7.91. The van der Waals surface area contributed by atoms with E-state index in [0.717, 1.165) is 11.1 Å². The monoisotopic (exact) mass is 384 g/mol. The summed E-state index contributed by atoms with van der Waals surface area (Å²) in [6, 6.07) is 7.66. The van der Waals surface area contributed by atoms with Gasteiger partial charge in [0.2, 0.25) is 5.91 Å². The maximum absolute atomic E-state index is 13.2. The maximum Gasteiger partial charge on any atom is 0.230 e. The fourth-order valence-electron chi connectivity index (χ4n) is 5.09. The summed E-state index contributed by atoms with van der Waals surface area (Å²) in [5, 5.41) is 22.2. The Morgan fingerprint density at radius 2 is 2.07 bits per heavy atom. The number of benzene rings is 1. The van der Waals surface area contributed by atoms with Gasteiger partial charge in [-0.25, -0.2) is 10.1 Å². The number of hydrogen-bond acceptors (Lipinski definition) is 8. The first-order valence-electron chi connectivity index (χ1n) is 9.64. The van der Waals surface area contributed by atoms with Gasteiger partial charge in [0.05, 0.1) is 18.1 Å². The molecule has 3 heterocycles. The van der Waals surface area contributed by atoms with Gasteiger partial charge in [-0.3, -0.25) is 10.2 Å². The lowest BCUT2D eigenvalue weighted by molar-refractivity contribution is -0.138. The molecule has 4 atom stereocenters. The number of amides is 1. The minimum Gasteiger partial charge on any atom is -0.390 e. The van der Waals surface area contributed by atoms with Crippen molar-refractivity contribution in [2.45, 2.75) is 36.6 Å². The molecule has 1 aromatic heterocycles. The Balaban J connectivity index is 1.33. The molecular weight excluding hydrogens is 360 g/mol. The summed E-state index contributed by atoms with van der Waals surface area (Å²) in [5.74, 6) is -0.224. The second-order valence-corrected chi connectivity index (χ2v) is 7.91. The summed E-state index contributed by atoms with van der Waals surface area (Å²) in [4.78, 5) is 15.1. The summed E-state index contributed by atoms with van der Waals surface area (Å²) in [7, 11) is 0.